The molecule has 1 saturated heterocycles. The van der Waals surface area contributed by atoms with E-state index in [1.807, 2.05) is 0 Å². The molecule has 92 valence electrons. The smallest absolute Gasteiger partial charge is 0.260 e. The summed E-state index contributed by atoms with van der Waals surface area (Å²) in [5.41, 5.74) is 5.50. The van der Waals surface area contributed by atoms with Crippen molar-refractivity contribution in [2.75, 3.05) is 13.1 Å². The quantitative estimate of drug-likeness (QED) is 0.769. The summed E-state index contributed by atoms with van der Waals surface area (Å²) in [7, 11) is 0. The maximum Gasteiger partial charge on any atom is 0.260 e. The molecule has 0 saturated carbocycles. The lowest BCUT2D eigenvalue weighted by Gasteiger charge is -2.31. The minimum absolute atomic E-state index is 0.0679. The van der Waals surface area contributed by atoms with Gasteiger partial charge in [-0.3, -0.25) is 4.79 Å². The van der Waals surface area contributed by atoms with Crippen molar-refractivity contribution in [3.8, 4) is 5.75 Å². The number of halogens is 1. The molecule has 17 heavy (non-hydrogen) atoms. The Kier molecular flexibility index (Phi) is 3.28. The van der Waals surface area contributed by atoms with Crippen LogP contribution in [0.1, 0.15) is 23.2 Å². The van der Waals surface area contributed by atoms with E-state index in [4.69, 9.17) is 5.73 Å². The summed E-state index contributed by atoms with van der Waals surface area (Å²) in [6.45, 7) is 0.965. The van der Waals surface area contributed by atoms with E-state index in [1.165, 1.54) is 17.0 Å². The van der Waals surface area contributed by atoms with Gasteiger partial charge in [0, 0.05) is 19.1 Å². The van der Waals surface area contributed by atoms with E-state index in [1.54, 1.807) is 0 Å². The Hall–Kier alpha value is -1.62. The zero-order chi connectivity index (χ0) is 12.4. The minimum Gasteiger partial charge on any atom is -0.507 e. The van der Waals surface area contributed by atoms with Crippen LogP contribution in [0.5, 0.6) is 5.75 Å². The second-order valence-corrected chi connectivity index (χ2v) is 4.29. The number of likely N-dealkylation sites (tertiary alicyclic amines) is 1. The molecule has 1 fully saturated rings. The fourth-order valence-corrected chi connectivity index (χ4v) is 2.08. The van der Waals surface area contributed by atoms with Crippen LogP contribution in [-0.2, 0) is 0 Å². The lowest BCUT2D eigenvalue weighted by molar-refractivity contribution is 0.0700. The molecule has 3 N–H and O–H groups in total. The van der Waals surface area contributed by atoms with Crippen molar-refractivity contribution < 1.29 is 14.3 Å². The lowest BCUT2D eigenvalue weighted by atomic mass is 10.0. The summed E-state index contributed by atoms with van der Waals surface area (Å²) in [4.78, 5) is 13.5. The van der Waals surface area contributed by atoms with Crippen molar-refractivity contribution in [2.45, 2.75) is 18.9 Å². The first kappa shape index (κ1) is 11.9. The van der Waals surface area contributed by atoms with Crippen LogP contribution in [0.4, 0.5) is 4.39 Å². The summed E-state index contributed by atoms with van der Waals surface area (Å²) < 4.78 is 13.5. The highest BCUT2D eigenvalue weighted by atomic mass is 19.1. The fourth-order valence-electron chi connectivity index (χ4n) is 2.08. The van der Waals surface area contributed by atoms with Gasteiger partial charge in [0.15, 0.2) is 0 Å². The van der Waals surface area contributed by atoms with Crippen LogP contribution in [0.25, 0.3) is 0 Å². The van der Waals surface area contributed by atoms with Gasteiger partial charge in [0.05, 0.1) is 0 Å². The number of aromatic hydroxyl groups is 1. The van der Waals surface area contributed by atoms with Gasteiger partial charge in [0.1, 0.15) is 17.1 Å². The predicted molar refractivity (Wildman–Crippen MR) is 61.2 cm³/mol. The second-order valence-electron chi connectivity index (χ2n) is 4.29. The number of nitrogens with zero attached hydrogens (tertiary/aromatic N) is 1. The number of carbonyl (C=O) groups excluding carboxylic acids is 1. The molecule has 0 radical (unpaired) electrons. The van der Waals surface area contributed by atoms with Crippen LogP contribution in [0.3, 0.4) is 0 Å². The number of piperidine rings is 1. The SMILES string of the molecule is N[C@@H]1CCCN(C(=O)c2c(O)cccc2F)C1. The normalized spacial score (nSPS) is 20.4. The summed E-state index contributed by atoms with van der Waals surface area (Å²) in [5, 5.41) is 9.54. The largest absolute Gasteiger partial charge is 0.507 e. The molecule has 1 aliphatic rings. The van der Waals surface area contributed by atoms with E-state index in [2.05, 4.69) is 0 Å². The van der Waals surface area contributed by atoms with Gasteiger partial charge in [0.25, 0.3) is 5.91 Å². The first-order valence-corrected chi connectivity index (χ1v) is 5.62. The topological polar surface area (TPSA) is 66.6 Å². The molecule has 0 bridgehead atoms. The van der Waals surface area contributed by atoms with Crippen LogP contribution in [-0.4, -0.2) is 35.0 Å². The lowest BCUT2D eigenvalue weighted by Crippen LogP contribution is -2.45. The third kappa shape index (κ3) is 2.39. The number of hydrogen-bond donors (Lipinski definition) is 2. The summed E-state index contributed by atoms with van der Waals surface area (Å²) in [6, 6.07) is 3.77. The Morgan fingerprint density at radius 1 is 1.53 bits per heavy atom. The Morgan fingerprint density at radius 2 is 2.29 bits per heavy atom. The van der Waals surface area contributed by atoms with Crippen molar-refractivity contribution in [3.63, 3.8) is 0 Å². The van der Waals surface area contributed by atoms with Crippen molar-refractivity contribution >= 4 is 5.91 Å². The predicted octanol–water partition coefficient (Wildman–Crippen LogP) is 1.09. The van der Waals surface area contributed by atoms with E-state index in [0.29, 0.717) is 13.1 Å². The van der Waals surface area contributed by atoms with E-state index in [9.17, 15) is 14.3 Å². The first-order chi connectivity index (χ1) is 8.09. The van der Waals surface area contributed by atoms with Crippen molar-refractivity contribution in [3.05, 3.63) is 29.6 Å². The van der Waals surface area contributed by atoms with Crippen LogP contribution < -0.4 is 5.73 Å². The Bertz CT molecular complexity index is 416. The molecule has 1 aliphatic heterocycles. The monoisotopic (exact) mass is 238 g/mol. The van der Waals surface area contributed by atoms with Crippen LogP contribution in [0, 0.1) is 5.82 Å². The highest BCUT2D eigenvalue weighted by Crippen LogP contribution is 2.23. The van der Waals surface area contributed by atoms with Gasteiger partial charge in [-0.1, -0.05) is 6.07 Å². The van der Waals surface area contributed by atoms with E-state index in [0.717, 1.165) is 18.9 Å². The highest BCUT2D eigenvalue weighted by Gasteiger charge is 2.26. The van der Waals surface area contributed by atoms with E-state index >= 15 is 0 Å². The number of nitrogens with two attached hydrogens (primary N) is 1. The average Bonchev–Trinajstić information content (AvgIpc) is 2.28. The number of carbonyl (C=O) groups is 1. The molecule has 0 aliphatic carbocycles. The zero-order valence-electron chi connectivity index (χ0n) is 9.40. The molecule has 5 heteroatoms. The maximum absolute atomic E-state index is 13.5. The van der Waals surface area contributed by atoms with Gasteiger partial charge in [-0.25, -0.2) is 4.39 Å². The Balaban J connectivity index is 2.24. The first-order valence-electron chi connectivity index (χ1n) is 5.62. The minimum atomic E-state index is -0.700. The number of benzene rings is 1. The Labute approximate surface area is 98.8 Å². The maximum atomic E-state index is 13.5. The molecule has 2 rings (SSSR count). The van der Waals surface area contributed by atoms with Crippen LogP contribution >= 0.6 is 0 Å². The molecule has 0 aromatic heterocycles. The number of phenols is 1. The van der Waals surface area contributed by atoms with Crippen molar-refractivity contribution in [1.82, 2.24) is 4.90 Å². The van der Waals surface area contributed by atoms with Crippen molar-refractivity contribution in [2.24, 2.45) is 5.73 Å². The van der Waals surface area contributed by atoms with Crippen molar-refractivity contribution in [1.29, 1.82) is 0 Å². The summed E-state index contributed by atoms with van der Waals surface area (Å²) in [6.07, 6.45) is 1.68. The number of hydrogen-bond acceptors (Lipinski definition) is 3. The molecule has 0 spiro atoms. The number of rotatable bonds is 1. The van der Waals surface area contributed by atoms with Gasteiger partial charge >= 0.3 is 0 Å². The van der Waals surface area contributed by atoms with Gasteiger partial charge in [-0.05, 0) is 25.0 Å². The second kappa shape index (κ2) is 4.71. The Morgan fingerprint density at radius 3 is 2.94 bits per heavy atom. The van der Waals surface area contributed by atoms with Gasteiger partial charge in [-0.15, -0.1) is 0 Å². The standard InChI is InChI=1S/C12H15FN2O2/c13-9-4-1-5-10(16)11(9)12(17)15-6-2-3-8(14)7-15/h1,4-5,8,16H,2-3,6-7,14H2/t8-/m1/s1. The van der Waals surface area contributed by atoms with Gasteiger partial charge in [-0.2, -0.15) is 0 Å². The highest BCUT2D eigenvalue weighted by molar-refractivity contribution is 5.97. The van der Waals surface area contributed by atoms with E-state index in [-0.39, 0.29) is 17.4 Å². The third-order valence-electron chi connectivity index (χ3n) is 2.95. The van der Waals surface area contributed by atoms with Gasteiger partial charge < -0.3 is 15.7 Å². The molecule has 1 amide bonds. The average molecular weight is 238 g/mol. The fraction of sp³-hybridized carbons (Fsp3) is 0.417. The molecule has 1 aromatic carbocycles. The molecule has 1 atom stereocenters. The molecular weight excluding hydrogens is 223 g/mol. The van der Waals surface area contributed by atoms with Crippen LogP contribution in [0.2, 0.25) is 0 Å². The molecule has 1 heterocycles. The number of phenolic OH excluding ortho intramolecular Hbond substituents is 1. The van der Waals surface area contributed by atoms with Crippen LogP contribution in [0.15, 0.2) is 18.2 Å². The summed E-state index contributed by atoms with van der Waals surface area (Å²) in [5.74, 6) is -1.51. The van der Waals surface area contributed by atoms with E-state index < -0.39 is 11.7 Å². The third-order valence-corrected chi connectivity index (χ3v) is 2.95. The van der Waals surface area contributed by atoms with Gasteiger partial charge in [0.2, 0.25) is 0 Å². The molecule has 1 aromatic rings. The molecule has 4 nitrogen and oxygen atoms in total. The zero-order valence-corrected chi connectivity index (χ0v) is 9.40. The number of amides is 1. The summed E-state index contributed by atoms with van der Waals surface area (Å²) >= 11 is 0. The molecule has 0 unspecified atom stereocenters. The molecular formula is C12H15FN2O2.